The van der Waals surface area contributed by atoms with E-state index in [1.807, 2.05) is 24.3 Å². The Bertz CT molecular complexity index is 772. The lowest BCUT2D eigenvalue weighted by Gasteiger charge is -2.16. The lowest BCUT2D eigenvalue weighted by Crippen LogP contribution is -2.28. The van der Waals surface area contributed by atoms with Crippen molar-refractivity contribution in [2.45, 2.75) is 46.0 Å². The van der Waals surface area contributed by atoms with Gasteiger partial charge >= 0.3 is 0 Å². The highest BCUT2D eigenvalue weighted by Gasteiger charge is 2.35. The summed E-state index contributed by atoms with van der Waals surface area (Å²) in [6.45, 7) is 4.62. The Balaban J connectivity index is 1.60. The minimum atomic E-state index is -0.364. The first-order chi connectivity index (χ1) is 12.6. The smallest absolute Gasteiger partial charge is 0.231 e. The monoisotopic (exact) mass is 372 g/mol. The molecule has 0 spiro atoms. The Morgan fingerprint density at radius 2 is 2.04 bits per heavy atom. The van der Waals surface area contributed by atoms with Crippen LogP contribution in [0.25, 0.3) is 0 Å². The number of nitrogens with one attached hydrogen (secondary N) is 1. The molecule has 3 rings (SSSR count). The van der Waals surface area contributed by atoms with Gasteiger partial charge in [0.15, 0.2) is 0 Å². The summed E-state index contributed by atoms with van der Waals surface area (Å²) in [5.74, 6) is -0.545. The Labute approximate surface area is 157 Å². The molecule has 0 bridgehead atoms. The van der Waals surface area contributed by atoms with Gasteiger partial charge in [-0.25, -0.2) is 0 Å². The number of aromatic nitrogens is 2. The van der Waals surface area contributed by atoms with E-state index < -0.39 is 0 Å². The van der Waals surface area contributed by atoms with Crippen molar-refractivity contribution in [3.05, 3.63) is 34.8 Å². The summed E-state index contributed by atoms with van der Waals surface area (Å²) in [5, 5.41) is 12.4. The van der Waals surface area contributed by atoms with Crippen molar-refractivity contribution >= 4 is 34.0 Å². The molecule has 2 amide bonds. The van der Waals surface area contributed by atoms with Crippen LogP contribution in [0.2, 0.25) is 0 Å². The molecule has 6 nitrogen and oxygen atoms in total. The van der Waals surface area contributed by atoms with Gasteiger partial charge in [0.25, 0.3) is 0 Å². The molecule has 1 aromatic carbocycles. The first-order valence-corrected chi connectivity index (χ1v) is 9.95. The Morgan fingerprint density at radius 3 is 2.73 bits per heavy atom. The molecule has 1 aliphatic heterocycles. The number of unbranched alkanes of at least 4 members (excludes halogenated alkanes) is 1. The molecule has 0 radical (unpaired) electrons. The van der Waals surface area contributed by atoms with E-state index in [1.165, 1.54) is 16.9 Å². The van der Waals surface area contributed by atoms with E-state index in [-0.39, 0.29) is 24.2 Å². The SMILES string of the molecule is CCCCc1nnc(NC(=O)C2CC(=O)N(c3ccc(CC)cc3)C2)s1. The lowest BCUT2D eigenvalue weighted by atomic mass is 10.1. The first-order valence-electron chi connectivity index (χ1n) is 9.13. The maximum absolute atomic E-state index is 12.5. The average molecular weight is 372 g/mol. The predicted octanol–water partition coefficient (Wildman–Crippen LogP) is 3.43. The Kier molecular flexibility index (Phi) is 5.98. The molecule has 26 heavy (non-hydrogen) atoms. The van der Waals surface area contributed by atoms with E-state index in [0.717, 1.165) is 36.4 Å². The number of aryl methyl sites for hydroxylation is 2. The van der Waals surface area contributed by atoms with Crippen LogP contribution in [0.1, 0.15) is 43.7 Å². The highest BCUT2D eigenvalue weighted by atomic mass is 32.1. The molecule has 0 saturated carbocycles. The fourth-order valence-corrected chi connectivity index (χ4v) is 3.77. The zero-order chi connectivity index (χ0) is 18.5. The van der Waals surface area contributed by atoms with Crippen molar-refractivity contribution in [2.75, 3.05) is 16.8 Å². The number of amides is 2. The standard InChI is InChI=1S/C19H24N4O2S/c1-3-5-6-16-21-22-19(26-16)20-18(25)14-11-17(24)23(12-14)15-9-7-13(4-2)8-10-15/h7-10,14H,3-6,11-12H2,1-2H3,(H,20,22,25). The summed E-state index contributed by atoms with van der Waals surface area (Å²) >= 11 is 1.41. The summed E-state index contributed by atoms with van der Waals surface area (Å²) in [4.78, 5) is 26.5. The Hall–Kier alpha value is -2.28. The Morgan fingerprint density at radius 1 is 1.27 bits per heavy atom. The van der Waals surface area contributed by atoms with Crippen LogP contribution in [-0.2, 0) is 22.4 Å². The van der Waals surface area contributed by atoms with Gasteiger partial charge in [-0.1, -0.05) is 43.7 Å². The van der Waals surface area contributed by atoms with E-state index in [1.54, 1.807) is 4.90 Å². The van der Waals surface area contributed by atoms with Crippen molar-refractivity contribution in [2.24, 2.45) is 5.92 Å². The molecule has 138 valence electrons. The largest absolute Gasteiger partial charge is 0.312 e. The van der Waals surface area contributed by atoms with Gasteiger partial charge < -0.3 is 10.2 Å². The zero-order valence-corrected chi connectivity index (χ0v) is 16.0. The topological polar surface area (TPSA) is 75.2 Å². The number of anilines is 2. The van der Waals surface area contributed by atoms with Crippen molar-refractivity contribution in [1.82, 2.24) is 10.2 Å². The summed E-state index contributed by atoms with van der Waals surface area (Å²) in [6.07, 6.45) is 4.23. The van der Waals surface area contributed by atoms with Crippen LogP contribution in [0, 0.1) is 5.92 Å². The highest BCUT2D eigenvalue weighted by Crippen LogP contribution is 2.27. The van der Waals surface area contributed by atoms with Crippen molar-refractivity contribution < 1.29 is 9.59 Å². The van der Waals surface area contributed by atoms with Crippen LogP contribution in [-0.4, -0.2) is 28.6 Å². The summed E-state index contributed by atoms with van der Waals surface area (Å²) in [6, 6.07) is 7.94. The minimum Gasteiger partial charge on any atom is -0.312 e. The number of carbonyl (C=O) groups excluding carboxylic acids is 2. The maximum atomic E-state index is 12.5. The van der Waals surface area contributed by atoms with Crippen molar-refractivity contribution in [3.8, 4) is 0 Å². The molecule has 1 unspecified atom stereocenters. The predicted molar refractivity (Wildman–Crippen MR) is 103 cm³/mol. The van der Waals surface area contributed by atoms with Gasteiger partial charge in [0.05, 0.1) is 5.92 Å². The van der Waals surface area contributed by atoms with Crippen LogP contribution >= 0.6 is 11.3 Å². The molecular weight excluding hydrogens is 348 g/mol. The number of carbonyl (C=O) groups is 2. The van der Waals surface area contributed by atoms with Gasteiger partial charge in [0, 0.05) is 25.1 Å². The van der Waals surface area contributed by atoms with Crippen molar-refractivity contribution in [3.63, 3.8) is 0 Å². The van der Waals surface area contributed by atoms with Crippen LogP contribution in [0.15, 0.2) is 24.3 Å². The highest BCUT2D eigenvalue weighted by molar-refractivity contribution is 7.15. The third-order valence-corrected chi connectivity index (χ3v) is 5.49. The summed E-state index contributed by atoms with van der Waals surface area (Å²) in [5.41, 5.74) is 2.07. The molecule has 7 heteroatoms. The molecule has 2 heterocycles. The molecule has 2 aromatic rings. The average Bonchev–Trinajstić information content (AvgIpc) is 3.26. The van der Waals surface area contributed by atoms with Crippen LogP contribution in [0.3, 0.4) is 0 Å². The minimum absolute atomic E-state index is 0.0182. The third kappa shape index (κ3) is 4.27. The number of hydrogen-bond acceptors (Lipinski definition) is 5. The maximum Gasteiger partial charge on any atom is 0.231 e. The van der Waals surface area contributed by atoms with E-state index in [2.05, 4.69) is 29.4 Å². The van der Waals surface area contributed by atoms with Gasteiger partial charge in [0.2, 0.25) is 16.9 Å². The zero-order valence-electron chi connectivity index (χ0n) is 15.2. The molecule has 1 fully saturated rings. The number of hydrogen-bond donors (Lipinski definition) is 1. The number of benzene rings is 1. The van der Waals surface area contributed by atoms with E-state index in [0.29, 0.717) is 11.7 Å². The lowest BCUT2D eigenvalue weighted by molar-refractivity contribution is -0.122. The molecule has 1 aromatic heterocycles. The normalized spacial score (nSPS) is 16.9. The second kappa shape index (κ2) is 8.40. The quantitative estimate of drug-likeness (QED) is 0.808. The summed E-state index contributed by atoms with van der Waals surface area (Å²) in [7, 11) is 0. The van der Waals surface area contributed by atoms with Crippen LogP contribution in [0.5, 0.6) is 0 Å². The van der Waals surface area contributed by atoms with E-state index in [9.17, 15) is 9.59 Å². The number of nitrogens with zero attached hydrogens (tertiary/aromatic N) is 3. The third-order valence-electron chi connectivity index (χ3n) is 4.59. The summed E-state index contributed by atoms with van der Waals surface area (Å²) < 4.78 is 0. The fraction of sp³-hybridized carbons (Fsp3) is 0.474. The fourth-order valence-electron chi connectivity index (χ4n) is 2.98. The first kappa shape index (κ1) is 18.5. The molecule has 1 atom stereocenters. The molecule has 1 N–H and O–H groups in total. The second-order valence-electron chi connectivity index (χ2n) is 6.52. The molecular formula is C19H24N4O2S. The van der Waals surface area contributed by atoms with Crippen molar-refractivity contribution in [1.29, 1.82) is 0 Å². The van der Waals surface area contributed by atoms with E-state index in [4.69, 9.17) is 0 Å². The van der Waals surface area contributed by atoms with Crippen LogP contribution in [0.4, 0.5) is 10.8 Å². The molecule has 1 saturated heterocycles. The molecule has 1 aliphatic rings. The molecule has 0 aliphatic carbocycles. The van der Waals surface area contributed by atoms with Gasteiger partial charge in [-0.2, -0.15) is 0 Å². The van der Waals surface area contributed by atoms with Gasteiger partial charge in [-0.15, -0.1) is 10.2 Å². The van der Waals surface area contributed by atoms with E-state index >= 15 is 0 Å². The van der Waals surface area contributed by atoms with Gasteiger partial charge in [0.1, 0.15) is 5.01 Å². The van der Waals surface area contributed by atoms with Gasteiger partial charge in [-0.3, -0.25) is 9.59 Å². The van der Waals surface area contributed by atoms with Crippen LogP contribution < -0.4 is 10.2 Å². The second-order valence-corrected chi connectivity index (χ2v) is 7.58. The number of rotatable bonds is 7. The van der Waals surface area contributed by atoms with Gasteiger partial charge in [-0.05, 0) is 30.5 Å².